The van der Waals surface area contributed by atoms with Gasteiger partial charge in [-0.2, -0.15) is 5.26 Å². The highest BCUT2D eigenvalue weighted by Gasteiger charge is 1.98. The number of aldehydes is 1. The van der Waals surface area contributed by atoms with Crippen LogP contribution in [-0.4, -0.2) is 11.4 Å². The third-order valence-electron chi connectivity index (χ3n) is 1.55. The highest BCUT2D eigenvalue weighted by molar-refractivity contribution is 5.79. The lowest BCUT2D eigenvalue weighted by Crippen LogP contribution is -1.83. The predicted octanol–water partition coefficient (Wildman–Crippen LogP) is 1.47. The molecule has 0 unspecified atom stereocenters. The van der Waals surface area contributed by atoms with Gasteiger partial charge in [-0.15, -0.1) is 0 Å². The van der Waals surface area contributed by atoms with Crippen molar-refractivity contribution in [3.8, 4) is 23.7 Å². The summed E-state index contributed by atoms with van der Waals surface area (Å²) in [6, 6.07) is 6.36. The Kier molecular flexibility index (Phi) is 3.29. The highest BCUT2D eigenvalue weighted by atomic mass is 16.3. The summed E-state index contributed by atoms with van der Waals surface area (Å²) >= 11 is 0. The molecular formula is C11H7NO2. The third-order valence-corrected chi connectivity index (χ3v) is 1.55. The van der Waals surface area contributed by atoms with Crippen molar-refractivity contribution in [2.24, 2.45) is 0 Å². The minimum Gasteiger partial charge on any atom is -0.507 e. The average molecular weight is 185 g/mol. The molecule has 0 fully saturated rings. The zero-order valence-electron chi connectivity index (χ0n) is 7.32. The predicted molar refractivity (Wildman–Crippen MR) is 50.6 cm³/mol. The van der Waals surface area contributed by atoms with Gasteiger partial charge in [-0.05, 0) is 18.2 Å². The van der Waals surface area contributed by atoms with Gasteiger partial charge >= 0.3 is 0 Å². The normalized spacial score (nSPS) is 8.21. The Morgan fingerprint density at radius 1 is 1.50 bits per heavy atom. The zero-order chi connectivity index (χ0) is 10.4. The second-order valence-electron chi connectivity index (χ2n) is 2.53. The molecule has 1 aromatic rings. The van der Waals surface area contributed by atoms with Crippen LogP contribution in [-0.2, 0) is 0 Å². The number of phenols is 1. The van der Waals surface area contributed by atoms with Crippen LogP contribution < -0.4 is 0 Å². The molecule has 0 amide bonds. The van der Waals surface area contributed by atoms with Crippen LogP contribution in [0.4, 0.5) is 0 Å². The molecule has 0 saturated heterocycles. The van der Waals surface area contributed by atoms with E-state index in [1.165, 1.54) is 12.1 Å². The molecule has 0 heterocycles. The second-order valence-corrected chi connectivity index (χ2v) is 2.53. The fourth-order valence-electron chi connectivity index (χ4n) is 0.912. The zero-order valence-corrected chi connectivity index (χ0v) is 7.32. The number of hydrogen-bond donors (Lipinski definition) is 1. The molecule has 3 heteroatoms. The minimum atomic E-state index is -0.0640. The SMILES string of the molecule is N#CCC#Cc1ccc(O)c(C=O)c1. The minimum absolute atomic E-state index is 0.0640. The fraction of sp³-hybridized carbons (Fsp3) is 0.0909. The Morgan fingerprint density at radius 3 is 2.93 bits per heavy atom. The van der Waals surface area contributed by atoms with E-state index in [1.807, 2.05) is 6.07 Å². The lowest BCUT2D eigenvalue weighted by molar-refractivity contribution is 0.112. The number of carbonyl (C=O) groups is 1. The maximum absolute atomic E-state index is 10.4. The molecule has 0 aliphatic rings. The van der Waals surface area contributed by atoms with Crippen LogP contribution in [0, 0.1) is 23.2 Å². The quantitative estimate of drug-likeness (QED) is 0.532. The summed E-state index contributed by atoms with van der Waals surface area (Å²) in [5.74, 6) is 5.25. The first-order valence-corrected chi connectivity index (χ1v) is 3.92. The van der Waals surface area contributed by atoms with Crippen LogP contribution in [0.25, 0.3) is 0 Å². The molecule has 0 radical (unpaired) electrons. The van der Waals surface area contributed by atoms with Crippen molar-refractivity contribution in [1.82, 2.24) is 0 Å². The highest BCUT2D eigenvalue weighted by Crippen LogP contribution is 2.15. The van der Waals surface area contributed by atoms with Crippen LogP contribution in [0.5, 0.6) is 5.75 Å². The van der Waals surface area contributed by atoms with Gasteiger partial charge in [0.05, 0.1) is 18.1 Å². The van der Waals surface area contributed by atoms with Crippen molar-refractivity contribution in [2.45, 2.75) is 6.42 Å². The summed E-state index contributed by atoms with van der Waals surface area (Å²) in [6.07, 6.45) is 0.710. The fourth-order valence-corrected chi connectivity index (χ4v) is 0.912. The third kappa shape index (κ3) is 2.36. The number of benzene rings is 1. The molecule has 0 aromatic heterocycles. The van der Waals surface area contributed by atoms with E-state index in [0.29, 0.717) is 11.8 Å². The molecule has 0 bridgehead atoms. The van der Waals surface area contributed by atoms with Crippen LogP contribution in [0.15, 0.2) is 18.2 Å². The molecule has 1 N–H and O–H groups in total. The molecule has 68 valence electrons. The van der Waals surface area contributed by atoms with Crippen molar-refractivity contribution in [1.29, 1.82) is 5.26 Å². The first-order chi connectivity index (χ1) is 6.77. The average Bonchev–Trinajstić information content (AvgIpc) is 2.21. The van der Waals surface area contributed by atoms with Gasteiger partial charge in [0, 0.05) is 5.56 Å². The monoisotopic (exact) mass is 185 g/mol. The molecule has 1 rings (SSSR count). The topological polar surface area (TPSA) is 61.1 Å². The van der Waals surface area contributed by atoms with E-state index in [1.54, 1.807) is 6.07 Å². The molecule has 0 atom stereocenters. The van der Waals surface area contributed by atoms with Crippen LogP contribution in [0.3, 0.4) is 0 Å². The van der Waals surface area contributed by atoms with Gasteiger partial charge in [-0.25, -0.2) is 0 Å². The van der Waals surface area contributed by atoms with E-state index in [4.69, 9.17) is 5.26 Å². The molecule has 3 nitrogen and oxygen atoms in total. The van der Waals surface area contributed by atoms with Crippen LogP contribution in [0.1, 0.15) is 22.3 Å². The van der Waals surface area contributed by atoms with E-state index in [-0.39, 0.29) is 17.7 Å². The second kappa shape index (κ2) is 4.69. The van der Waals surface area contributed by atoms with Gasteiger partial charge in [0.1, 0.15) is 5.75 Å². The number of hydrogen-bond acceptors (Lipinski definition) is 3. The van der Waals surface area contributed by atoms with Gasteiger partial charge in [0.15, 0.2) is 6.29 Å². The molecule has 0 saturated carbocycles. The summed E-state index contributed by atoms with van der Waals surface area (Å²) in [5, 5.41) is 17.4. The van der Waals surface area contributed by atoms with Crippen LogP contribution >= 0.6 is 0 Å². The summed E-state index contributed by atoms with van der Waals surface area (Å²) in [4.78, 5) is 10.4. The van der Waals surface area contributed by atoms with Crippen LogP contribution in [0.2, 0.25) is 0 Å². The molecular weight excluding hydrogens is 178 g/mol. The van der Waals surface area contributed by atoms with Gasteiger partial charge in [-0.1, -0.05) is 11.8 Å². The summed E-state index contributed by atoms with van der Waals surface area (Å²) in [7, 11) is 0. The maximum Gasteiger partial charge on any atom is 0.153 e. The Morgan fingerprint density at radius 2 is 2.29 bits per heavy atom. The van der Waals surface area contributed by atoms with Crippen molar-refractivity contribution in [2.75, 3.05) is 0 Å². The van der Waals surface area contributed by atoms with E-state index in [0.717, 1.165) is 0 Å². The summed E-state index contributed by atoms with van der Waals surface area (Å²) in [5.41, 5.74) is 0.814. The first kappa shape index (κ1) is 9.83. The number of carbonyl (C=O) groups excluding carboxylic acids is 1. The Labute approximate surface area is 81.6 Å². The Balaban J connectivity index is 2.98. The lowest BCUT2D eigenvalue weighted by Gasteiger charge is -1.96. The molecule has 0 spiro atoms. The van der Waals surface area contributed by atoms with Gasteiger partial charge in [0.25, 0.3) is 0 Å². The first-order valence-electron chi connectivity index (χ1n) is 3.92. The summed E-state index contributed by atoms with van der Waals surface area (Å²) in [6.45, 7) is 0. The van der Waals surface area contributed by atoms with E-state index < -0.39 is 0 Å². The van der Waals surface area contributed by atoms with Gasteiger partial charge in [0.2, 0.25) is 0 Å². The Bertz CT molecular complexity index is 447. The van der Waals surface area contributed by atoms with Crippen molar-refractivity contribution >= 4 is 6.29 Å². The number of phenolic OH excluding ortho intramolecular Hbond substituents is 1. The number of rotatable bonds is 1. The molecule has 0 aliphatic heterocycles. The standard InChI is InChI=1S/C11H7NO2/c12-6-2-1-3-9-4-5-11(14)10(7-9)8-13/h4-5,7-8,14H,2H2. The number of aromatic hydroxyl groups is 1. The van der Waals surface area contributed by atoms with Gasteiger partial charge < -0.3 is 5.11 Å². The molecule has 14 heavy (non-hydrogen) atoms. The van der Waals surface area contributed by atoms with Crippen molar-refractivity contribution < 1.29 is 9.90 Å². The molecule has 0 aliphatic carbocycles. The maximum atomic E-state index is 10.4. The van der Waals surface area contributed by atoms with E-state index in [9.17, 15) is 9.90 Å². The number of nitrogens with zero attached hydrogens (tertiary/aromatic N) is 1. The lowest BCUT2D eigenvalue weighted by atomic mass is 10.1. The summed E-state index contributed by atoms with van der Waals surface area (Å²) < 4.78 is 0. The molecule has 1 aromatic carbocycles. The Hall–Kier alpha value is -2.26. The van der Waals surface area contributed by atoms with Crippen molar-refractivity contribution in [3.05, 3.63) is 29.3 Å². The van der Waals surface area contributed by atoms with Crippen molar-refractivity contribution in [3.63, 3.8) is 0 Å². The van der Waals surface area contributed by atoms with Gasteiger partial charge in [-0.3, -0.25) is 4.79 Å². The smallest absolute Gasteiger partial charge is 0.153 e. The number of nitriles is 1. The van der Waals surface area contributed by atoms with E-state index in [2.05, 4.69) is 11.8 Å². The largest absolute Gasteiger partial charge is 0.507 e. The van der Waals surface area contributed by atoms with E-state index >= 15 is 0 Å².